The molecule has 4 aromatic rings. The minimum atomic E-state index is 0. The van der Waals surface area contributed by atoms with Crippen molar-refractivity contribution < 1.29 is 28.5 Å². The number of para-hydroxylation sites is 2. The summed E-state index contributed by atoms with van der Waals surface area (Å²) in [5, 5.41) is 2.66. The topological polar surface area (TPSA) is 8.81 Å². The first-order valence-electron chi connectivity index (χ1n) is 7.73. The van der Waals surface area contributed by atoms with Crippen molar-refractivity contribution in [2.24, 2.45) is 7.05 Å². The van der Waals surface area contributed by atoms with Crippen LogP contribution in [-0.2, 0) is 20.0 Å². The molecule has 0 fully saturated rings. The molecule has 0 amide bonds. The Morgan fingerprint density at radius 3 is 2.57 bits per heavy atom. The maximum atomic E-state index is 2.34. The minimum Gasteiger partial charge on any atom is -1.00 e. The van der Waals surface area contributed by atoms with Gasteiger partial charge in [-0.1, -0.05) is 30.3 Å². The van der Waals surface area contributed by atoms with Crippen LogP contribution in [0.5, 0.6) is 0 Å². The van der Waals surface area contributed by atoms with Crippen molar-refractivity contribution >= 4 is 21.8 Å². The van der Waals surface area contributed by atoms with Gasteiger partial charge in [-0.25, -0.2) is 0 Å². The van der Waals surface area contributed by atoms with Crippen molar-refractivity contribution in [3.8, 4) is 0 Å². The van der Waals surface area contributed by atoms with Crippen LogP contribution in [0.4, 0.5) is 0 Å². The summed E-state index contributed by atoms with van der Waals surface area (Å²) < 4.78 is 4.57. The normalized spacial score (nSPS) is 10.8. The highest BCUT2D eigenvalue weighted by atomic mass is 127. The summed E-state index contributed by atoms with van der Waals surface area (Å²) in [6.07, 6.45) is 5.48. The van der Waals surface area contributed by atoms with Crippen molar-refractivity contribution in [2.75, 3.05) is 0 Å². The smallest absolute Gasteiger partial charge is 0.212 e. The lowest BCUT2D eigenvalue weighted by molar-refractivity contribution is -0.670. The lowest BCUT2D eigenvalue weighted by Gasteiger charge is -2.01. The van der Waals surface area contributed by atoms with E-state index < -0.39 is 0 Å². The van der Waals surface area contributed by atoms with Crippen LogP contribution in [0, 0.1) is 0 Å². The number of hydrogen-bond donors (Lipinski definition) is 0. The molecule has 0 unspecified atom stereocenters. The number of fused-ring (bicyclic) bond motifs is 2. The first-order valence-corrected chi connectivity index (χ1v) is 7.73. The van der Waals surface area contributed by atoms with Crippen molar-refractivity contribution in [1.82, 2.24) is 4.57 Å². The first kappa shape index (κ1) is 16.0. The summed E-state index contributed by atoms with van der Waals surface area (Å²) >= 11 is 0. The van der Waals surface area contributed by atoms with Gasteiger partial charge in [0.2, 0.25) is 5.52 Å². The quantitative estimate of drug-likeness (QED) is 0.348. The van der Waals surface area contributed by atoms with Gasteiger partial charge in [0.05, 0.1) is 0 Å². The summed E-state index contributed by atoms with van der Waals surface area (Å²) in [5.41, 5.74) is 4.02. The van der Waals surface area contributed by atoms with E-state index in [1.54, 1.807) is 0 Å². The van der Waals surface area contributed by atoms with E-state index >= 15 is 0 Å². The second-order valence-electron chi connectivity index (χ2n) is 5.79. The van der Waals surface area contributed by atoms with Gasteiger partial charge < -0.3 is 28.5 Å². The molecule has 0 bridgehead atoms. The molecule has 0 radical (unpaired) electrons. The second kappa shape index (κ2) is 6.71. The zero-order valence-corrected chi connectivity index (χ0v) is 15.3. The number of halogens is 1. The molecular formula is C20H19IN2. The largest absolute Gasteiger partial charge is 1.00 e. The maximum Gasteiger partial charge on any atom is 0.212 e. The monoisotopic (exact) mass is 414 g/mol. The van der Waals surface area contributed by atoms with Gasteiger partial charge in [-0.05, 0) is 23.8 Å². The van der Waals surface area contributed by atoms with E-state index in [-0.39, 0.29) is 24.0 Å². The third-order valence-corrected chi connectivity index (χ3v) is 4.39. The molecule has 2 heterocycles. The van der Waals surface area contributed by atoms with Gasteiger partial charge in [-0.3, -0.25) is 0 Å². The van der Waals surface area contributed by atoms with Crippen LogP contribution < -0.4 is 28.5 Å². The molecule has 2 aromatic carbocycles. The number of aryl methyl sites for hydroxylation is 3. The Morgan fingerprint density at radius 2 is 1.65 bits per heavy atom. The molecule has 0 N–H and O–H groups in total. The summed E-state index contributed by atoms with van der Waals surface area (Å²) in [4.78, 5) is 0. The lowest BCUT2D eigenvalue weighted by atomic mass is 10.1. The zero-order valence-electron chi connectivity index (χ0n) is 13.1. The van der Waals surface area contributed by atoms with Crippen LogP contribution in [-0.4, -0.2) is 4.57 Å². The number of pyridine rings is 1. The van der Waals surface area contributed by atoms with Crippen LogP contribution in [0.15, 0.2) is 73.1 Å². The molecule has 116 valence electrons. The van der Waals surface area contributed by atoms with Crippen molar-refractivity contribution in [2.45, 2.75) is 13.0 Å². The number of nitrogens with zero attached hydrogens (tertiary/aromatic N) is 2. The van der Waals surface area contributed by atoms with E-state index in [4.69, 9.17) is 0 Å². The van der Waals surface area contributed by atoms with Crippen LogP contribution in [0.25, 0.3) is 21.8 Å². The Kier molecular flexibility index (Phi) is 4.66. The molecule has 0 aliphatic rings. The Labute approximate surface area is 153 Å². The van der Waals surface area contributed by atoms with E-state index in [0.717, 1.165) is 13.0 Å². The van der Waals surface area contributed by atoms with Crippen molar-refractivity contribution in [3.05, 3.63) is 78.6 Å². The van der Waals surface area contributed by atoms with Crippen LogP contribution in [0.2, 0.25) is 0 Å². The van der Waals surface area contributed by atoms with Gasteiger partial charge in [0, 0.05) is 48.1 Å². The molecule has 23 heavy (non-hydrogen) atoms. The van der Waals surface area contributed by atoms with E-state index in [0.29, 0.717) is 0 Å². The highest BCUT2D eigenvalue weighted by Gasteiger charge is 2.11. The van der Waals surface area contributed by atoms with Crippen molar-refractivity contribution in [1.29, 1.82) is 0 Å². The highest BCUT2D eigenvalue weighted by molar-refractivity contribution is 5.83. The molecular weight excluding hydrogens is 395 g/mol. The van der Waals surface area contributed by atoms with Gasteiger partial charge in [-0.15, -0.1) is 0 Å². The van der Waals surface area contributed by atoms with E-state index in [2.05, 4.69) is 89.2 Å². The van der Waals surface area contributed by atoms with Crippen LogP contribution in [0.1, 0.15) is 5.56 Å². The van der Waals surface area contributed by atoms with E-state index in [9.17, 15) is 0 Å². The molecule has 0 aliphatic heterocycles. The average Bonchev–Trinajstić information content (AvgIpc) is 2.89. The van der Waals surface area contributed by atoms with Gasteiger partial charge in [0.1, 0.15) is 0 Å². The standard InChI is InChI=1S/C20H19N2.HI/c1-21-15-17(18-9-3-5-11-20(18)21)12-14-22-13-6-8-16-7-2-4-10-19(16)22;/h2-11,13,15H,12,14H2,1H3;1H/q+1;/p-1. The molecule has 4 rings (SSSR count). The predicted octanol–water partition coefficient (Wildman–Crippen LogP) is 0.866. The summed E-state index contributed by atoms with van der Waals surface area (Å²) in [6.45, 7) is 0.995. The average molecular weight is 414 g/mol. The molecule has 0 spiro atoms. The fourth-order valence-corrected chi connectivity index (χ4v) is 3.28. The fraction of sp³-hybridized carbons (Fsp3) is 0.150. The predicted molar refractivity (Wildman–Crippen MR) is 90.8 cm³/mol. The van der Waals surface area contributed by atoms with Gasteiger partial charge >= 0.3 is 0 Å². The van der Waals surface area contributed by atoms with E-state index in [1.165, 1.54) is 27.4 Å². The lowest BCUT2D eigenvalue weighted by Crippen LogP contribution is -3.00. The zero-order chi connectivity index (χ0) is 14.9. The summed E-state index contributed by atoms with van der Waals surface area (Å²) in [5.74, 6) is 0. The fourth-order valence-electron chi connectivity index (χ4n) is 3.28. The summed E-state index contributed by atoms with van der Waals surface area (Å²) in [6, 6.07) is 21.5. The van der Waals surface area contributed by atoms with Gasteiger partial charge in [0.25, 0.3) is 0 Å². The molecule has 0 saturated heterocycles. The first-order chi connectivity index (χ1) is 10.8. The van der Waals surface area contributed by atoms with Gasteiger partial charge in [-0.2, -0.15) is 4.57 Å². The molecule has 0 atom stereocenters. The van der Waals surface area contributed by atoms with Crippen LogP contribution in [0.3, 0.4) is 0 Å². The Balaban J connectivity index is 0.00000156. The number of hydrogen-bond acceptors (Lipinski definition) is 0. The molecule has 2 nitrogen and oxygen atoms in total. The van der Waals surface area contributed by atoms with Crippen LogP contribution >= 0.6 is 0 Å². The second-order valence-corrected chi connectivity index (χ2v) is 5.79. The van der Waals surface area contributed by atoms with Gasteiger partial charge in [0.15, 0.2) is 12.7 Å². The SMILES string of the molecule is Cn1cc(CC[n+]2cccc3ccccc32)c2ccccc21.[I-]. The third kappa shape index (κ3) is 2.98. The highest BCUT2D eigenvalue weighted by Crippen LogP contribution is 2.20. The minimum absolute atomic E-state index is 0. The summed E-state index contributed by atoms with van der Waals surface area (Å²) in [7, 11) is 2.12. The number of rotatable bonds is 3. The maximum absolute atomic E-state index is 2.34. The molecule has 0 aliphatic carbocycles. The molecule has 2 aromatic heterocycles. The molecule has 0 saturated carbocycles. The third-order valence-electron chi connectivity index (χ3n) is 4.39. The number of benzene rings is 2. The molecule has 3 heteroatoms. The van der Waals surface area contributed by atoms with E-state index in [1.807, 2.05) is 0 Å². The Morgan fingerprint density at radius 1 is 0.913 bits per heavy atom. The Hall–Kier alpha value is -1.88. The number of aromatic nitrogens is 2. The van der Waals surface area contributed by atoms with Crippen molar-refractivity contribution in [3.63, 3.8) is 0 Å². The Bertz CT molecular complexity index is 951.